The van der Waals surface area contributed by atoms with E-state index in [-0.39, 0.29) is 30.9 Å². The maximum absolute atomic E-state index is 13.2. The Kier molecular flexibility index (Phi) is 14.5. The monoisotopic (exact) mass is 551 g/mol. The van der Waals surface area contributed by atoms with Gasteiger partial charge in [-0.05, 0) is 62.3 Å². The summed E-state index contributed by atoms with van der Waals surface area (Å²) < 4.78 is 0. The average molecular weight is 552 g/mol. The van der Waals surface area contributed by atoms with Crippen LogP contribution in [-0.2, 0) is 30.4 Å². The summed E-state index contributed by atoms with van der Waals surface area (Å²) in [4.78, 5) is 61.8. The molecule has 3 amide bonds. The van der Waals surface area contributed by atoms with Crippen LogP contribution in [0.5, 0.6) is 5.75 Å². The van der Waals surface area contributed by atoms with E-state index in [1.807, 2.05) is 0 Å². The van der Waals surface area contributed by atoms with Crippen molar-refractivity contribution < 1.29 is 39.3 Å². The molecule has 13 nitrogen and oxygen atoms in total. The van der Waals surface area contributed by atoms with Crippen molar-refractivity contribution >= 4 is 29.7 Å². The Labute approximate surface area is 227 Å². The lowest BCUT2D eigenvalue weighted by molar-refractivity contribution is -0.144. The number of carboxylic acid groups (broad SMARTS) is 2. The fourth-order valence-corrected chi connectivity index (χ4v) is 3.76. The molecule has 0 aromatic heterocycles. The topological polar surface area (TPSA) is 234 Å². The van der Waals surface area contributed by atoms with Crippen LogP contribution in [-0.4, -0.2) is 75.7 Å². The summed E-state index contributed by atoms with van der Waals surface area (Å²) in [7, 11) is 0. The van der Waals surface area contributed by atoms with Crippen molar-refractivity contribution in [3.63, 3.8) is 0 Å². The molecule has 5 unspecified atom stereocenters. The molecule has 1 aromatic carbocycles. The minimum atomic E-state index is -1.31. The lowest BCUT2D eigenvalue weighted by atomic mass is 9.98. The molecule has 1 aromatic rings. The number of amides is 3. The van der Waals surface area contributed by atoms with Crippen LogP contribution < -0.4 is 27.4 Å². The zero-order chi connectivity index (χ0) is 29.5. The van der Waals surface area contributed by atoms with Crippen molar-refractivity contribution in [2.45, 2.75) is 83.0 Å². The van der Waals surface area contributed by atoms with Gasteiger partial charge < -0.3 is 42.7 Å². The first kappa shape index (κ1) is 33.3. The number of hydrogen-bond acceptors (Lipinski definition) is 8. The Hall–Kier alpha value is -3.71. The van der Waals surface area contributed by atoms with Gasteiger partial charge in [0.1, 0.15) is 23.9 Å². The van der Waals surface area contributed by atoms with Crippen LogP contribution in [0.3, 0.4) is 0 Å². The molecule has 0 spiro atoms. The molecule has 0 fully saturated rings. The van der Waals surface area contributed by atoms with Gasteiger partial charge in [0.2, 0.25) is 17.7 Å². The molecule has 1 rings (SSSR count). The van der Waals surface area contributed by atoms with Gasteiger partial charge in [0.25, 0.3) is 0 Å². The van der Waals surface area contributed by atoms with Gasteiger partial charge in [-0.1, -0.05) is 32.4 Å². The lowest BCUT2D eigenvalue weighted by Crippen LogP contribution is -2.57. The zero-order valence-corrected chi connectivity index (χ0v) is 22.4. The van der Waals surface area contributed by atoms with Gasteiger partial charge in [0.05, 0.1) is 6.04 Å². The van der Waals surface area contributed by atoms with Crippen molar-refractivity contribution in [3.8, 4) is 5.75 Å². The number of carbonyl (C=O) groups is 5. The number of hydrogen-bond donors (Lipinski definition) is 8. The van der Waals surface area contributed by atoms with Crippen LogP contribution in [0.25, 0.3) is 0 Å². The number of carbonyl (C=O) groups excluding carboxylic acids is 3. The maximum Gasteiger partial charge on any atom is 0.326 e. The molecule has 0 aliphatic heterocycles. The van der Waals surface area contributed by atoms with E-state index in [1.165, 1.54) is 12.1 Å². The van der Waals surface area contributed by atoms with E-state index in [0.29, 0.717) is 31.4 Å². The van der Waals surface area contributed by atoms with Gasteiger partial charge in [-0.2, -0.15) is 0 Å². The summed E-state index contributed by atoms with van der Waals surface area (Å²) in [5, 5.41) is 35.6. The first-order chi connectivity index (χ1) is 18.4. The Morgan fingerprint density at radius 2 is 1.44 bits per heavy atom. The van der Waals surface area contributed by atoms with E-state index in [1.54, 1.807) is 26.0 Å². The van der Waals surface area contributed by atoms with Gasteiger partial charge >= 0.3 is 11.9 Å². The minimum absolute atomic E-state index is 0.0473. The van der Waals surface area contributed by atoms with Crippen LogP contribution in [0.1, 0.15) is 57.9 Å². The third-order valence-corrected chi connectivity index (χ3v) is 6.37. The molecule has 39 heavy (non-hydrogen) atoms. The SMILES string of the molecule is CCC(C)C(NC(=O)C(CCCCN)NC(=O)C(CCC(=O)O)NC(=O)C(N)Cc1ccc(O)cc1)C(=O)O. The van der Waals surface area contributed by atoms with E-state index < -0.39 is 60.2 Å². The molecule has 0 heterocycles. The fraction of sp³-hybridized carbons (Fsp3) is 0.577. The zero-order valence-electron chi connectivity index (χ0n) is 22.4. The maximum atomic E-state index is 13.2. The van der Waals surface area contributed by atoms with E-state index in [2.05, 4.69) is 16.0 Å². The van der Waals surface area contributed by atoms with Crippen LogP contribution in [0, 0.1) is 5.92 Å². The van der Waals surface area contributed by atoms with Crippen LogP contribution in [0.15, 0.2) is 24.3 Å². The summed E-state index contributed by atoms with van der Waals surface area (Å²) in [5.41, 5.74) is 12.2. The van der Waals surface area contributed by atoms with Crippen molar-refractivity contribution in [1.82, 2.24) is 16.0 Å². The van der Waals surface area contributed by atoms with Gasteiger partial charge in [0, 0.05) is 6.42 Å². The van der Waals surface area contributed by atoms with Crippen LogP contribution in [0.4, 0.5) is 0 Å². The number of nitrogens with one attached hydrogen (secondary N) is 3. The van der Waals surface area contributed by atoms with Gasteiger partial charge in [-0.15, -0.1) is 0 Å². The molecule has 0 radical (unpaired) electrons. The molecule has 5 atom stereocenters. The summed E-state index contributed by atoms with van der Waals surface area (Å²) in [5.74, 6) is -4.94. The van der Waals surface area contributed by atoms with Crippen molar-refractivity contribution in [2.75, 3.05) is 6.54 Å². The van der Waals surface area contributed by atoms with Crippen molar-refractivity contribution in [2.24, 2.45) is 17.4 Å². The largest absolute Gasteiger partial charge is 0.508 e. The number of rotatable bonds is 18. The third kappa shape index (κ3) is 12.1. The number of carboxylic acids is 2. The van der Waals surface area contributed by atoms with E-state index in [4.69, 9.17) is 16.6 Å². The molecule has 10 N–H and O–H groups in total. The first-order valence-electron chi connectivity index (χ1n) is 13.0. The predicted molar refractivity (Wildman–Crippen MR) is 142 cm³/mol. The quantitative estimate of drug-likeness (QED) is 0.112. The number of aromatic hydroxyl groups is 1. The standard InChI is InChI=1S/C26H41N5O8/c1-3-15(2)22(26(38)39)31-25(37)19(6-4-5-13-27)30-24(36)20(11-12-21(33)34)29-23(35)18(28)14-16-7-9-17(32)10-8-16/h7-10,15,18-20,22,32H,3-6,11-14,27-28H2,1-2H3,(H,29,35)(H,30,36)(H,31,37)(H,33,34)(H,38,39). The van der Waals surface area contributed by atoms with Gasteiger partial charge in [-0.25, -0.2) is 4.79 Å². The smallest absolute Gasteiger partial charge is 0.326 e. The molecule has 0 aliphatic rings. The normalized spacial score (nSPS) is 14.8. The molecular formula is C26H41N5O8. The van der Waals surface area contributed by atoms with Crippen molar-refractivity contribution in [3.05, 3.63) is 29.8 Å². The second-order valence-electron chi connectivity index (χ2n) is 9.53. The molecule has 0 saturated carbocycles. The number of phenols is 1. The minimum Gasteiger partial charge on any atom is -0.508 e. The molecule has 0 aliphatic carbocycles. The summed E-state index contributed by atoms with van der Waals surface area (Å²) in [6.07, 6.45) is 1.05. The highest BCUT2D eigenvalue weighted by Crippen LogP contribution is 2.12. The average Bonchev–Trinajstić information content (AvgIpc) is 2.89. The highest BCUT2D eigenvalue weighted by Gasteiger charge is 2.32. The fourth-order valence-electron chi connectivity index (χ4n) is 3.76. The Bertz CT molecular complexity index is 972. The summed E-state index contributed by atoms with van der Waals surface area (Å²) >= 11 is 0. The van der Waals surface area contributed by atoms with E-state index in [9.17, 15) is 34.2 Å². The Morgan fingerprint density at radius 3 is 1.97 bits per heavy atom. The number of unbranched alkanes of at least 4 members (excludes halogenated alkanes) is 1. The number of phenolic OH excluding ortho intramolecular Hbond substituents is 1. The predicted octanol–water partition coefficient (Wildman–Crippen LogP) is -0.159. The van der Waals surface area contributed by atoms with E-state index in [0.717, 1.165) is 0 Å². The molecule has 13 heteroatoms. The van der Waals surface area contributed by atoms with E-state index >= 15 is 0 Å². The number of aliphatic carboxylic acids is 2. The number of benzene rings is 1. The Morgan fingerprint density at radius 1 is 0.872 bits per heavy atom. The van der Waals surface area contributed by atoms with Crippen molar-refractivity contribution in [1.29, 1.82) is 0 Å². The molecule has 0 bridgehead atoms. The van der Waals surface area contributed by atoms with Crippen LogP contribution in [0.2, 0.25) is 0 Å². The highest BCUT2D eigenvalue weighted by atomic mass is 16.4. The summed E-state index contributed by atoms with van der Waals surface area (Å²) in [6, 6.07) is 1.36. The third-order valence-electron chi connectivity index (χ3n) is 6.37. The molecular weight excluding hydrogens is 510 g/mol. The van der Waals surface area contributed by atoms with Crippen LogP contribution >= 0.6 is 0 Å². The number of nitrogens with two attached hydrogens (primary N) is 2. The van der Waals surface area contributed by atoms with Gasteiger partial charge in [-0.3, -0.25) is 19.2 Å². The molecule has 218 valence electrons. The van der Waals surface area contributed by atoms with Gasteiger partial charge in [0.15, 0.2) is 0 Å². The first-order valence-corrected chi connectivity index (χ1v) is 13.0. The highest BCUT2D eigenvalue weighted by molar-refractivity contribution is 5.94. The second-order valence-corrected chi connectivity index (χ2v) is 9.53. The lowest BCUT2D eigenvalue weighted by Gasteiger charge is -2.26. The Balaban J connectivity index is 3.03. The molecule has 0 saturated heterocycles. The second kappa shape index (κ2) is 17.0. The summed E-state index contributed by atoms with van der Waals surface area (Å²) in [6.45, 7) is 3.82.